The largest absolute Gasteiger partial charge is 0.497 e. The van der Waals surface area contributed by atoms with Crippen molar-refractivity contribution in [1.29, 1.82) is 0 Å². The van der Waals surface area contributed by atoms with Gasteiger partial charge in [-0.1, -0.05) is 42.0 Å². The van der Waals surface area contributed by atoms with E-state index in [-0.39, 0.29) is 5.56 Å². The monoisotopic (exact) mass is 376 g/mol. The Balaban J connectivity index is 1.83. The van der Waals surface area contributed by atoms with E-state index in [1.54, 1.807) is 11.7 Å². The van der Waals surface area contributed by atoms with Crippen LogP contribution in [0.25, 0.3) is 21.3 Å². The number of aryl methyl sites for hydroxylation is 2. The number of nitrogens with zero attached hydrogens (tertiary/aromatic N) is 2. The number of hydrogen-bond acceptors (Lipinski definition) is 4. The average Bonchev–Trinajstić information content (AvgIpc) is 3.10. The molecular formula is C22H20N2O2S. The molecule has 0 amide bonds. The van der Waals surface area contributed by atoms with Crippen molar-refractivity contribution in [2.75, 3.05) is 7.11 Å². The van der Waals surface area contributed by atoms with E-state index in [0.29, 0.717) is 11.9 Å². The van der Waals surface area contributed by atoms with E-state index < -0.39 is 0 Å². The fraction of sp³-hybridized carbons (Fsp3) is 0.182. The minimum Gasteiger partial charge on any atom is -0.497 e. The number of ether oxygens (including phenoxy) is 1. The smallest absolute Gasteiger partial charge is 0.263 e. The van der Waals surface area contributed by atoms with Crippen LogP contribution in [0, 0.1) is 13.8 Å². The number of benzene rings is 2. The summed E-state index contributed by atoms with van der Waals surface area (Å²) < 4.78 is 6.99. The number of methoxy groups -OCH3 is 1. The SMILES string of the molecule is COc1ccc(-c2csc3nc(C)n(Cc4ccc(C)cc4)c(=O)c23)cc1. The number of thiophene rings is 1. The van der Waals surface area contributed by atoms with Crippen LogP contribution in [-0.4, -0.2) is 16.7 Å². The molecule has 0 saturated carbocycles. The Morgan fingerprint density at radius 1 is 1.04 bits per heavy atom. The first kappa shape index (κ1) is 17.5. The molecule has 2 aromatic heterocycles. The van der Waals surface area contributed by atoms with Gasteiger partial charge in [0, 0.05) is 10.9 Å². The molecule has 0 N–H and O–H groups in total. The molecule has 27 heavy (non-hydrogen) atoms. The summed E-state index contributed by atoms with van der Waals surface area (Å²) >= 11 is 1.51. The maximum absolute atomic E-state index is 13.3. The van der Waals surface area contributed by atoms with E-state index >= 15 is 0 Å². The van der Waals surface area contributed by atoms with Crippen molar-refractivity contribution in [1.82, 2.24) is 9.55 Å². The summed E-state index contributed by atoms with van der Waals surface area (Å²) in [5.74, 6) is 1.53. The molecule has 2 heterocycles. The van der Waals surface area contributed by atoms with Crippen LogP contribution in [0.4, 0.5) is 0 Å². The third kappa shape index (κ3) is 3.26. The molecule has 5 heteroatoms. The summed E-state index contributed by atoms with van der Waals surface area (Å²) in [6, 6.07) is 16.0. The molecule has 4 rings (SSSR count). The Kier molecular flexibility index (Phi) is 4.54. The van der Waals surface area contributed by atoms with Crippen molar-refractivity contribution in [2.24, 2.45) is 0 Å². The standard InChI is InChI=1S/C22H20N2O2S/c1-14-4-6-16(7-5-14)12-24-15(2)23-21-20(22(24)25)19(13-27-21)17-8-10-18(26-3)11-9-17/h4-11,13H,12H2,1-3H3. The molecule has 4 nitrogen and oxygen atoms in total. The third-order valence-corrected chi connectivity index (χ3v) is 5.62. The Morgan fingerprint density at radius 2 is 1.74 bits per heavy atom. The lowest BCUT2D eigenvalue weighted by Gasteiger charge is -2.11. The minimum absolute atomic E-state index is 0.00476. The van der Waals surface area contributed by atoms with Crippen LogP contribution < -0.4 is 10.3 Å². The molecular weight excluding hydrogens is 356 g/mol. The molecule has 136 valence electrons. The van der Waals surface area contributed by atoms with E-state index in [2.05, 4.69) is 36.2 Å². The van der Waals surface area contributed by atoms with E-state index in [0.717, 1.165) is 33.1 Å². The lowest BCUT2D eigenvalue weighted by atomic mass is 10.1. The van der Waals surface area contributed by atoms with Crippen LogP contribution in [0.5, 0.6) is 5.75 Å². The number of aromatic nitrogens is 2. The first-order valence-electron chi connectivity index (χ1n) is 8.75. The first-order chi connectivity index (χ1) is 13.1. The lowest BCUT2D eigenvalue weighted by Crippen LogP contribution is -2.24. The maximum atomic E-state index is 13.3. The van der Waals surface area contributed by atoms with Crippen LogP contribution in [0.1, 0.15) is 17.0 Å². The summed E-state index contributed by atoms with van der Waals surface area (Å²) in [7, 11) is 1.64. The number of rotatable bonds is 4. The summed E-state index contributed by atoms with van der Waals surface area (Å²) in [5, 5.41) is 2.69. The Hall–Kier alpha value is -2.92. The van der Waals surface area contributed by atoms with Crippen molar-refractivity contribution >= 4 is 21.6 Å². The minimum atomic E-state index is 0.00476. The van der Waals surface area contributed by atoms with Gasteiger partial charge in [0.05, 0.1) is 19.0 Å². The molecule has 0 saturated heterocycles. The quantitative estimate of drug-likeness (QED) is 0.514. The second-order valence-corrected chi connectivity index (χ2v) is 7.45. The maximum Gasteiger partial charge on any atom is 0.263 e. The normalized spacial score (nSPS) is 11.1. The Labute approximate surface area is 161 Å². The predicted octanol–water partition coefficient (Wildman–Crippen LogP) is 4.80. The lowest BCUT2D eigenvalue weighted by molar-refractivity contribution is 0.415. The summed E-state index contributed by atoms with van der Waals surface area (Å²) in [4.78, 5) is 18.8. The molecule has 0 fully saturated rings. The predicted molar refractivity (Wildman–Crippen MR) is 111 cm³/mol. The zero-order chi connectivity index (χ0) is 19.0. The van der Waals surface area contributed by atoms with Gasteiger partial charge < -0.3 is 4.74 Å². The third-order valence-electron chi connectivity index (χ3n) is 4.75. The van der Waals surface area contributed by atoms with Crippen LogP contribution in [-0.2, 0) is 6.54 Å². The molecule has 2 aromatic carbocycles. The fourth-order valence-electron chi connectivity index (χ4n) is 3.17. The molecule has 0 aliphatic rings. The zero-order valence-electron chi connectivity index (χ0n) is 15.5. The Morgan fingerprint density at radius 3 is 2.41 bits per heavy atom. The molecule has 4 aromatic rings. The van der Waals surface area contributed by atoms with E-state index in [4.69, 9.17) is 4.74 Å². The molecule has 0 aliphatic heterocycles. The van der Waals surface area contributed by atoms with Gasteiger partial charge in [0.15, 0.2) is 0 Å². The Bertz CT molecular complexity index is 1160. The van der Waals surface area contributed by atoms with Gasteiger partial charge >= 0.3 is 0 Å². The first-order valence-corrected chi connectivity index (χ1v) is 9.63. The molecule has 0 bridgehead atoms. The van der Waals surface area contributed by atoms with Crippen LogP contribution in [0.15, 0.2) is 58.7 Å². The highest BCUT2D eigenvalue weighted by Crippen LogP contribution is 2.32. The van der Waals surface area contributed by atoms with Crippen LogP contribution in [0.3, 0.4) is 0 Å². The molecule has 0 aliphatic carbocycles. The molecule has 0 unspecified atom stereocenters. The average molecular weight is 376 g/mol. The van der Waals surface area contributed by atoms with Crippen LogP contribution in [0.2, 0.25) is 0 Å². The molecule has 0 atom stereocenters. The van der Waals surface area contributed by atoms with Crippen molar-refractivity contribution in [3.8, 4) is 16.9 Å². The highest BCUT2D eigenvalue weighted by Gasteiger charge is 2.15. The molecule has 0 radical (unpaired) electrons. The summed E-state index contributed by atoms with van der Waals surface area (Å²) in [6.07, 6.45) is 0. The van der Waals surface area contributed by atoms with Gasteiger partial charge in [0.1, 0.15) is 16.4 Å². The number of fused-ring (bicyclic) bond motifs is 1. The topological polar surface area (TPSA) is 44.1 Å². The van der Waals surface area contributed by atoms with Gasteiger partial charge in [0.25, 0.3) is 5.56 Å². The molecule has 0 spiro atoms. The second-order valence-electron chi connectivity index (χ2n) is 6.59. The van der Waals surface area contributed by atoms with Gasteiger partial charge in [0.2, 0.25) is 0 Å². The van der Waals surface area contributed by atoms with Crippen molar-refractivity contribution in [3.63, 3.8) is 0 Å². The highest BCUT2D eigenvalue weighted by molar-refractivity contribution is 7.17. The van der Waals surface area contributed by atoms with Crippen molar-refractivity contribution in [3.05, 3.63) is 81.2 Å². The zero-order valence-corrected chi connectivity index (χ0v) is 16.3. The van der Waals surface area contributed by atoms with E-state index in [1.165, 1.54) is 16.9 Å². The number of hydrogen-bond donors (Lipinski definition) is 0. The van der Waals surface area contributed by atoms with Gasteiger partial charge in [-0.25, -0.2) is 4.98 Å². The van der Waals surface area contributed by atoms with Gasteiger partial charge in [-0.3, -0.25) is 9.36 Å². The highest BCUT2D eigenvalue weighted by atomic mass is 32.1. The fourth-order valence-corrected chi connectivity index (χ4v) is 4.15. The van der Waals surface area contributed by atoms with E-state index in [9.17, 15) is 4.79 Å². The van der Waals surface area contributed by atoms with Crippen molar-refractivity contribution < 1.29 is 4.74 Å². The van der Waals surface area contributed by atoms with Gasteiger partial charge in [-0.15, -0.1) is 11.3 Å². The van der Waals surface area contributed by atoms with E-state index in [1.807, 2.05) is 36.6 Å². The van der Waals surface area contributed by atoms with Crippen LogP contribution >= 0.6 is 11.3 Å². The summed E-state index contributed by atoms with van der Waals surface area (Å²) in [5.41, 5.74) is 4.22. The second kappa shape index (κ2) is 7.00. The van der Waals surface area contributed by atoms with Gasteiger partial charge in [-0.2, -0.15) is 0 Å². The summed E-state index contributed by atoms with van der Waals surface area (Å²) in [6.45, 7) is 4.47. The van der Waals surface area contributed by atoms with Gasteiger partial charge in [-0.05, 0) is 37.1 Å². The van der Waals surface area contributed by atoms with Crippen molar-refractivity contribution in [2.45, 2.75) is 20.4 Å².